The maximum Gasteiger partial charge on any atom is 0.241 e. The van der Waals surface area contributed by atoms with Gasteiger partial charge in [-0.25, -0.2) is 0 Å². The van der Waals surface area contributed by atoms with Crippen LogP contribution in [-0.4, -0.2) is 29.3 Å². The first-order valence-corrected chi connectivity index (χ1v) is 9.00. The van der Waals surface area contributed by atoms with Crippen LogP contribution in [0.4, 0.5) is 0 Å². The Morgan fingerprint density at radius 1 is 1.29 bits per heavy atom. The van der Waals surface area contributed by atoms with Crippen molar-refractivity contribution in [1.82, 2.24) is 20.4 Å². The average molecular weight is 353 g/mol. The highest BCUT2D eigenvalue weighted by Crippen LogP contribution is 2.59. The van der Waals surface area contributed by atoms with E-state index in [2.05, 4.69) is 15.7 Å². The van der Waals surface area contributed by atoms with Gasteiger partial charge in [0.1, 0.15) is 6.04 Å². The molecule has 4 fully saturated rings. The Morgan fingerprint density at radius 2 is 1.88 bits per heavy atom. The van der Waals surface area contributed by atoms with Crippen molar-refractivity contribution in [2.24, 2.45) is 30.2 Å². The number of amides is 1. The Balaban J connectivity index is 0.00000169. The van der Waals surface area contributed by atoms with Gasteiger partial charge in [-0.3, -0.25) is 9.48 Å². The first-order valence-electron chi connectivity index (χ1n) is 9.00. The van der Waals surface area contributed by atoms with Crippen molar-refractivity contribution < 1.29 is 4.79 Å². The molecular formula is C18H29ClN4O. The lowest BCUT2D eigenvalue weighted by atomic mass is 9.49. The molecule has 5 nitrogen and oxygen atoms in total. The third-order valence-electron chi connectivity index (χ3n) is 6.41. The molecule has 24 heavy (non-hydrogen) atoms. The molecule has 0 radical (unpaired) electrons. The van der Waals surface area contributed by atoms with Crippen LogP contribution in [0, 0.1) is 23.2 Å². The molecule has 4 aliphatic carbocycles. The number of aromatic nitrogens is 2. The van der Waals surface area contributed by atoms with E-state index >= 15 is 0 Å². The van der Waals surface area contributed by atoms with Gasteiger partial charge < -0.3 is 10.6 Å². The smallest absolute Gasteiger partial charge is 0.241 e. The molecule has 6 heteroatoms. The predicted octanol–water partition coefficient (Wildman–Crippen LogP) is 2.44. The van der Waals surface area contributed by atoms with Gasteiger partial charge >= 0.3 is 0 Å². The number of carbonyl (C=O) groups is 1. The van der Waals surface area contributed by atoms with Gasteiger partial charge in [0.15, 0.2) is 0 Å². The highest BCUT2D eigenvalue weighted by molar-refractivity contribution is 5.85. The summed E-state index contributed by atoms with van der Waals surface area (Å²) in [5, 5.41) is 10.6. The molecule has 0 spiro atoms. The number of halogens is 1. The number of rotatable bonds is 5. The second-order valence-corrected chi connectivity index (χ2v) is 8.30. The summed E-state index contributed by atoms with van der Waals surface area (Å²) in [6.45, 7) is 0.855. The quantitative estimate of drug-likeness (QED) is 0.855. The number of hydrogen-bond acceptors (Lipinski definition) is 3. The molecule has 4 bridgehead atoms. The van der Waals surface area contributed by atoms with E-state index in [1.165, 1.54) is 38.5 Å². The minimum absolute atomic E-state index is 0. The highest BCUT2D eigenvalue weighted by Gasteiger charge is 2.50. The molecule has 4 saturated carbocycles. The van der Waals surface area contributed by atoms with Crippen LogP contribution in [0.3, 0.4) is 0 Å². The summed E-state index contributed by atoms with van der Waals surface area (Å²) in [7, 11) is 3.71. The maximum atomic E-state index is 12.7. The Morgan fingerprint density at radius 3 is 2.33 bits per heavy atom. The Bertz CT molecular complexity index is 564. The van der Waals surface area contributed by atoms with Gasteiger partial charge in [-0.05, 0) is 68.7 Å². The number of carbonyl (C=O) groups excluding carboxylic acids is 1. The fourth-order valence-corrected chi connectivity index (χ4v) is 5.92. The van der Waals surface area contributed by atoms with Gasteiger partial charge in [0.05, 0.1) is 6.20 Å². The first kappa shape index (κ1) is 17.7. The Hall–Kier alpha value is -1.07. The van der Waals surface area contributed by atoms with Crippen LogP contribution in [-0.2, 0) is 11.8 Å². The van der Waals surface area contributed by atoms with Crippen LogP contribution in [0.2, 0.25) is 0 Å². The summed E-state index contributed by atoms with van der Waals surface area (Å²) < 4.78 is 1.74. The standard InChI is InChI=1S/C18H28N4O.ClH/c1-19-16(15-9-21-22(2)10-15)17(23)20-11-18-6-12-3-13(7-18)5-14(4-12)8-18;/h9-10,12-14,16,19H,3-8,11H2,1-2H3,(H,20,23);1H. The van der Waals surface area contributed by atoms with Crippen LogP contribution >= 0.6 is 12.4 Å². The monoisotopic (exact) mass is 352 g/mol. The molecule has 134 valence electrons. The normalized spacial score (nSPS) is 34.7. The van der Waals surface area contributed by atoms with Crippen LogP contribution in [0.5, 0.6) is 0 Å². The van der Waals surface area contributed by atoms with E-state index in [1.807, 2.05) is 20.3 Å². The fraction of sp³-hybridized carbons (Fsp3) is 0.778. The lowest BCUT2D eigenvalue weighted by Gasteiger charge is -2.57. The van der Waals surface area contributed by atoms with E-state index in [0.717, 1.165) is 29.9 Å². The zero-order valence-electron chi connectivity index (χ0n) is 14.6. The van der Waals surface area contributed by atoms with Gasteiger partial charge in [-0.1, -0.05) is 0 Å². The lowest BCUT2D eigenvalue weighted by Crippen LogP contribution is -2.52. The summed E-state index contributed by atoms with van der Waals surface area (Å²) in [5.74, 6) is 2.86. The molecule has 2 N–H and O–H groups in total. The number of nitrogens with zero attached hydrogens (tertiary/aromatic N) is 2. The Kier molecular flexibility index (Phi) is 4.94. The molecule has 0 aromatic carbocycles. The van der Waals surface area contributed by atoms with Crippen molar-refractivity contribution in [1.29, 1.82) is 0 Å². The van der Waals surface area contributed by atoms with Crippen LogP contribution in [0.25, 0.3) is 0 Å². The van der Waals surface area contributed by atoms with Gasteiger partial charge in [-0.2, -0.15) is 5.10 Å². The summed E-state index contributed by atoms with van der Waals surface area (Å²) in [6.07, 6.45) is 12.0. The van der Waals surface area contributed by atoms with Gasteiger partial charge in [0.25, 0.3) is 0 Å². The predicted molar refractivity (Wildman–Crippen MR) is 95.9 cm³/mol. The molecule has 1 aromatic rings. The zero-order chi connectivity index (χ0) is 16.0. The topological polar surface area (TPSA) is 59.0 Å². The first-order chi connectivity index (χ1) is 11.1. The molecule has 5 rings (SSSR count). The molecule has 1 unspecified atom stereocenters. The summed E-state index contributed by atoms with van der Waals surface area (Å²) in [5.41, 5.74) is 1.32. The van der Waals surface area contributed by atoms with Crippen molar-refractivity contribution >= 4 is 18.3 Å². The van der Waals surface area contributed by atoms with Crippen LogP contribution in [0.15, 0.2) is 12.4 Å². The van der Waals surface area contributed by atoms with E-state index in [0.29, 0.717) is 5.41 Å². The van der Waals surface area contributed by atoms with Crippen molar-refractivity contribution in [2.75, 3.05) is 13.6 Å². The van der Waals surface area contributed by atoms with Crippen molar-refractivity contribution in [3.63, 3.8) is 0 Å². The van der Waals surface area contributed by atoms with E-state index in [-0.39, 0.29) is 24.4 Å². The number of hydrogen-bond donors (Lipinski definition) is 2. The SMILES string of the molecule is CNC(C(=O)NCC12CC3CC(CC(C3)C1)C2)c1cnn(C)c1.Cl. The van der Waals surface area contributed by atoms with E-state index in [4.69, 9.17) is 0 Å². The van der Waals surface area contributed by atoms with Crippen molar-refractivity contribution in [3.8, 4) is 0 Å². The Labute approximate surface area is 150 Å². The fourth-order valence-electron chi connectivity index (χ4n) is 5.92. The second-order valence-electron chi connectivity index (χ2n) is 8.30. The summed E-state index contributed by atoms with van der Waals surface area (Å²) >= 11 is 0. The van der Waals surface area contributed by atoms with Crippen LogP contribution in [0.1, 0.15) is 50.1 Å². The minimum Gasteiger partial charge on any atom is -0.354 e. The van der Waals surface area contributed by atoms with Crippen molar-refractivity contribution in [3.05, 3.63) is 18.0 Å². The minimum atomic E-state index is -0.308. The molecule has 1 heterocycles. The van der Waals surface area contributed by atoms with E-state index in [1.54, 1.807) is 10.9 Å². The highest BCUT2D eigenvalue weighted by atomic mass is 35.5. The molecule has 1 atom stereocenters. The summed E-state index contributed by atoms with van der Waals surface area (Å²) in [6, 6.07) is -0.308. The van der Waals surface area contributed by atoms with Gasteiger partial charge in [-0.15, -0.1) is 12.4 Å². The van der Waals surface area contributed by atoms with Gasteiger partial charge in [0, 0.05) is 25.4 Å². The maximum absolute atomic E-state index is 12.7. The third-order valence-corrected chi connectivity index (χ3v) is 6.41. The molecule has 1 aromatic heterocycles. The molecular weight excluding hydrogens is 324 g/mol. The largest absolute Gasteiger partial charge is 0.354 e. The number of likely N-dealkylation sites (N-methyl/N-ethyl adjacent to an activating group) is 1. The second kappa shape index (κ2) is 6.68. The molecule has 4 aliphatic rings. The van der Waals surface area contributed by atoms with E-state index in [9.17, 15) is 4.79 Å². The number of aryl methyl sites for hydroxylation is 1. The third kappa shape index (κ3) is 3.21. The van der Waals surface area contributed by atoms with Crippen LogP contribution < -0.4 is 10.6 Å². The lowest BCUT2D eigenvalue weighted by molar-refractivity contribution is -0.125. The van der Waals surface area contributed by atoms with E-state index < -0.39 is 0 Å². The average Bonchev–Trinajstić information content (AvgIpc) is 2.91. The summed E-state index contributed by atoms with van der Waals surface area (Å²) in [4.78, 5) is 12.7. The van der Waals surface area contributed by atoms with Crippen molar-refractivity contribution in [2.45, 2.75) is 44.6 Å². The number of nitrogens with one attached hydrogen (secondary N) is 2. The molecule has 0 saturated heterocycles. The molecule has 0 aliphatic heterocycles. The van der Waals surface area contributed by atoms with Gasteiger partial charge in [0.2, 0.25) is 5.91 Å². The molecule has 1 amide bonds. The zero-order valence-corrected chi connectivity index (χ0v) is 15.4.